The van der Waals surface area contributed by atoms with Crippen molar-refractivity contribution in [1.82, 2.24) is 5.01 Å². The van der Waals surface area contributed by atoms with Crippen LogP contribution in [0.25, 0.3) is 0 Å². The summed E-state index contributed by atoms with van der Waals surface area (Å²) in [4.78, 5) is 25.7. The quantitative estimate of drug-likeness (QED) is 0.403. The molecule has 136 valence electrons. The zero-order valence-electron chi connectivity index (χ0n) is 14.8. The van der Waals surface area contributed by atoms with E-state index in [1.807, 2.05) is 54.6 Å². The smallest absolute Gasteiger partial charge is 0.268 e. The van der Waals surface area contributed by atoms with Crippen molar-refractivity contribution in [3.63, 3.8) is 0 Å². The predicted molar refractivity (Wildman–Crippen MR) is 106 cm³/mol. The zero-order valence-corrected chi connectivity index (χ0v) is 14.8. The number of amides is 2. The lowest BCUT2D eigenvalue weighted by Gasteiger charge is -2.27. The first kappa shape index (κ1) is 18.4. The Hall–Kier alpha value is -3.44. The van der Waals surface area contributed by atoms with Crippen molar-refractivity contribution in [2.45, 2.75) is 12.5 Å². The minimum Gasteiger partial charge on any atom is -0.324 e. The molecule has 0 spiro atoms. The summed E-state index contributed by atoms with van der Waals surface area (Å²) in [6, 6.07) is 26.5. The Morgan fingerprint density at radius 2 is 1.33 bits per heavy atom. The van der Waals surface area contributed by atoms with Crippen molar-refractivity contribution in [3.8, 4) is 0 Å². The number of nitrogens with one attached hydrogen (secondary N) is 1. The standard InChI is InChI=1S/C22H21N3O2/c23-25(22(27)18-12-6-2-7-13-18)20(16-17-10-4-1-5-11-17)21(26)24-19-14-8-3-9-15-19/h1-15,20H,16,23H2,(H,24,26). The maximum Gasteiger partial charge on any atom is 0.268 e. The van der Waals surface area contributed by atoms with Crippen LogP contribution in [0.4, 0.5) is 5.69 Å². The van der Waals surface area contributed by atoms with Gasteiger partial charge < -0.3 is 5.32 Å². The summed E-state index contributed by atoms with van der Waals surface area (Å²) in [6.07, 6.45) is 0.314. The average molecular weight is 359 g/mol. The highest BCUT2D eigenvalue weighted by atomic mass is 16.2. The number of carbonyl (C=O) groups excluding carboxylic acids is 2. The van der Waals surface area contributed by atoms with E-state index in [0.29, 0.717) is 17.7 Å². The van der Waals surface area contributed by atoms with E-state index in [1.165, 1.54) is 0 Å². The number of anilines is 1. The second-order valence-electron chi connectivity index (χ2n) is 6.14. The van der Waals surface area contributed by atoms with Crippen molar-refractivity contribution in [3.05, 3.63) is 102 Å². The summed E-state index contributed by atoms with van der Waals surface area (Å²) in [6.45, 7) is 0. The molecule has 1 unspecified atom stereocenters. The van der Waals surface area contributed by atoms with Gasteiger partial charge in [-0.05, 0) is 29.8 Å². The molecule has 0 aliphatic heterocycles. The molecule has 3 N–H and O–H groups in total. The van der Waals surface area contributed by atoms with Gasteiger partial charge in [-0.15, -0.1) is 0 Å². The molecule has 3 aromatic carbocycles. The lowest BCUT2D eigenvalue weighted by Crippen LogP contribution is -2.52. The molecule has 3 aromatic rings. The van der Waals surface area contributed by atoms with E-state index in [0.717, 1.165) is 10.6 Å². The molecule has 3 rings (SSSR count). The Balaban J connectivity index is 1.84. The third-order valence-corrected chi connectivity index (χ3v) is 4.21. The van der Waals surface area contributed by atoms with Gasteiger partial charge >= 0.3 is 0 Å². The molecule has 27 heavy (non-hydrogen) atoms. The molecular formula is C22H21N3O2. The Morgan fingerprint density at radius 1 is 0.815 bits per heavy atom. The van der Waals surface area contributed by atoms with Gasteiger partial charge in [-0.1, -0.05) is 66.7 Å². The van der Waals surface area contributed by atoms with Gasteiger partial charge in [-0.25, -0.2) is 5.84 Å². The molecule has 0 saturated carbocycles. The Bertz CT molecular complexity index is 883. The molecule has 2 amide bonds. The summed E-state index contributed by atoms with van der Waals surface area (Å²) in [7, 11) is 0. The molecule has 0 fully saturated rings. The van der Waals surface area contributed by atoms with Gasteiger partial charge in [0.05, 0.1) is 0 Å². The highest BCUT2D eigenvalue weighted by Gasteiger charge is 2.29. The van der Waals surface area contributed by atoms with Crippen LogP contribution < -0.4 is 11.2 Å². The molecule has 0 aliphatic rings. The van der Waals surface area contributed by atoms with E-state index in [-0.39, 0.29) is 5.91 Å². The lowest BCUT2D eigenvalue weighted by atomic mass is 10.0. The molecule has 0 heterocycles. The number of hydrogen-bond acceptors (Lipinski definition) is 3. The number of rotatable bonds is 6. The minimum atomic E-state index is -0.847. The number of nitrogens with zero attached hydrogens (tertiary/aromatic N) is 1. The van der Waals surface area contributed by atoms with E-state index >= 15 is 0 Å². The van der Waals surface area contributed by atoms with Crippen molar-refractivity contribution in [1.29, 1.82) is 0 Å². The van der Waals surface area contributed by atoms with Crippen molar-refractivity contribution in [2.75, 3.05) is 5.32 Å². The van der Waals surface area contributed by atoms with E-state index in [2.05, 4.69) is 5.32 Å². The normalized spacial score (nSPS) is 11.4. The maximum atomic E-state index is 12.9. The van der Waals surface area contributed by atoms with Crippen molar-refractivity contribution in [2.24, 2.45) is 5.84 Å². The Morgan fingerprint density at radius 3 is 1.93 bits per heavy atom. The number of benzene rings is 3. The zero-order chi connectivity index (χ0) is 19.1. The summed E-state index contributed by atoms with van der Waals surface area (Å²) >= 11 is 0. The van der Waals surface area contributed by atoms with Gasteiger partial charge in [-0.2, -0.15) is 0 Å². The van der Waals surface area contributed by atoms with Gasteiger partial charge in [0.25, 0.3) is 5.91 Å². The van der Waals surface area contributed by atoms with E-state index in [9.17, 15) is 9.59 Å². The molecular weight excluding hydrogens is 338 g/mol. The fraction of sp³-hybridized carbons (Fsp3) is 0.0909. The van der Waals surface area contributed by atoms with E-state index in [4.69, 9.17) is 5.84 Å². The molecule has 0 bridgehead atoms. The number of nitrogens with two attached hydrogens (primary N) is 1. The second kappa shape index (κ2) is 8.78. The molecule has 1 atom stereocenters. The monoisotopic (exact) mass is 359 g/mol. The number of hydrazine groups is 1. The summed E-state index contributed by atoms with van der Waals surface area (Å²) in [5, 5.41) is 3.85. The van der Waals surface area contributed by atoms with Crippen LogP contribution in [-0.2, 0) is 11.2 Å². The van der Waals surface area contributed by atoms with Crippen LogP contribution in [0.2, 0.25) is 0 Å². The first-order valence-electron chi connectivity index (χ1n) is 8.68. The van der Waals surface area contributed by atoms with Gasteiger partial charge in [0, 0.05) is 17.7 Å². The first-order valence-corrected chi connectivity index (χ1v) is 8.68. The SMILES string of the molecule is NN(C(=O)c1ccccc1)C(Cc1ccccc1)C(=O)Nc1ccccc1. The van der Waals surface area contributed by atoms with Crippen LogP contribution in [0, 0.1) is 0 Å². The van der Waals surface area contributed by atoms with Crippen LogP contribution in [0.3, 0.4) is 0 Å². The van der Waals surface area contributed by atoms with E-state index in [1.54, 1.807) is 36.4 Å². The predicted octanol–water partition coefficient (Wildman–Crippen LogP) is 3.25. The minimum absolute atomic E-state index is 0.314. The number of para-hydroxylation sites is 1. The largest absolute Gasteiger partial charge is 0.324 e. The highest BCUT2D eigenvalue weighted by Crippen LogP contribution is 2.14. The number of carbonyl (C=O) groups is 2. The Labute approximate surface area is 158 Å². The fourth-order valence-electron chi connectivity index (χ4n) is 2.77. The first-order chi connectivity index (χ1) is 13.1. The molecule has 5 nitrogen and oxygen atoms in total. The van der Waals surface area contributed by atoms with Crippen molar-refractivity contribution >= 4 is 17.5 Å². The summed E-state index contributed by atoms with van der Waals surface area (Å²) in [5.74, 6) is 5.38. The van der Waals surface area contributed by atoms with E-state index < -0.39 is 11.9 Å². The third-order valence-electron chi connectivity index (χ3n) is 4.21. The maximum absolute atomic E-state index is 12.9. The molecule has 0 aromatic heterocycles. The van der Waals surface area contributed by atoms with Crippen molar-refractivity contribution < 1.29 is 9.59 Å². The molecule has 0 saturated heterocycles. The topological polar surface area (TPSA) is 75.4 Å². The van der Waals surface area contributed by atoms with Crippen LogP contribution in [0.1, 0.15) is 15.9 Å². The van der Waals surface area contributed by atoms with Gasteiger partial charge in [0.15, 0.2) is 0 Å². The molecule has 5 heteroatoms. The average Bonchev–Trinajstić information content (AvgIpc) is 2.73. The second-order valence-corrected chi connectivity index (χ2v) is 6.14. The Kier molecular flexibility index (Phi) is 5.97. The highest BCUT2D eigenvalue weighted by molar-refractivity contribution is 6.01. The van der Waals surface area contributed by atoms with Crippen LogP contribution >= 0.6 is 0 Å². The summed E-state index contributed by atoms with van der Waals surface area (Å²) < 4.78 is 0. The van der Waals surface area contributed by atoms with Crippen LogP contribution in [0.15, 0.2) is 91.0 Å². The van der Waals surface area contributed by atoms with Gasteiger partial charge in [-0.3, -0.25) is 14.6 Å². The van der Waals surface area contributed by atoms with Gasteiger partial charge in [0.1, 0.15) is 6.04 Å². The number of hydrogen-bond donors (Lipinski definition) is 2. The van der Waals surface area contributed by atoms with Gasteiger partial charge in [0.2, 0.25) is 5.91 Å². The summed E-state index contributed by atoms with van der Waals surface area (Å²) in [5.41, 5.74) is 2.01. The van der Waals surface area contributed by atoms with Crippen LogP contribution in [-0.4, -0.2) is 22.9 Å². The van der Waals surface area contributed by atoms with Crippen LogP contribution in [0.5, 0.6) is 0 Å². The lowest BCUT2D eigenvalue weighted by molar-refractivity contribution is -0.120. The third kappa shape index (κ3) is 4.80. The fourth-order valence-corrected chi connectivity index (χ4v) is 2.77. The molecule has 0 radical (unpaired) electrons. The molecule has 0 aliphatic carbocycles.